The molecule has 0 radical (unpaired) electrons. The summed E-state index contributed by atoms with van der Waals surface area (Å²) in [6, 6.07) is 3.94. The zero-order valence-corrected chi connectivity index (χ0v) is 13.8. The maximum absolute atomic E-state index is 5.88. The van der Waals surface area contributed by atoms with Gasteiger partial charge in [0.2, 0.25) is 0 Å². The second-order valence-electron chi connectivity index (χ2n) is 4.97. The van der Waals surface area contributed by atoms with Gasteiger partial charge >= 0.3 is 0 Å². The Balaban J connectivity index is 3.07. The van der Waals surface area contributed by atoms with Gasteiger partial charge in [0.25, 0.3) is 0 Å². The van der Waals surface area contributed by atoms with Crippen LogP contribution in [0.25, 0.3) is 0 Å². The SMILES string of the molecule is CCCOc1cc(OCCC)c(CNC)c(OCCC)c1. The highest BCUT2D eigenvalue weighted by molar-refractivity contribution is 5.50. The van der Waals surface area contributed by atoms with Crippen LogP contribution in [0.1, 0.15) is 45.6 Å². The lowest BCUT2D eigenvalue weighted by Crippen LogP contribution is -2.11. The molecular formula is C17H29NO3. The predicted molar refractivity (Wildman–Crippen MR) is 86.6 cm³/mol. The largest absolute Gasteiger partial charge is 0.493 e. The lowest BCUT2D eigenvalue weighted by atomic mass is 10.1. The summed E-state index contributed by atoms with van der Waals surface area (Å²) in [6.07, 6.45) is 2.93. The van der Waals surface area contributed by atoms with Gasteiger partial charge in [0, 0.05) is 18.7 Å². The van der Waals surface area contributed by atoms with E-state index in [0.29, 0.717) is 26.4 Å². The van der Waals surface area contributed by atoms with Crippen molar-refractivity contribution in [3.8, 4) is 17.2 Å². The normalized spacial score (nSPS) is 10.5. The first-order valence-corrected chi connectivity index (χ1v) is 7.96. The van der Waals surface area contributed by atoms with Crippen molar-refractivity contribution in [2.24, 2.45) is 0 Å². The van der Waals surface area contributed by atoms with E-state index >= 15 is 0 Å². The molecule has 0 spiro atoms. The van der Waals surface area contributed by atoms with Gasteiger partial charge < -0.3 is 19.5 Å². The lowest BCUT2D eigenvalue weighted by molar-refractivity contribution is 0.281. The molecule has 1 N–H and O–H groups in total. The molecule has 1 aromatic carbocycles. The highest BCUT2D eigenvalue weighted by Crippen LogP contribution is 2.34. The van der Waals surface area contributed by atoms with Crippen LogP contribution in [0.3, 0.4) is 0 Å². The van der Waals surface area contributed by atoms with Crippen molar-refractivity contribution in [1.29, 1.82) is 0 Å². The monoisotopic (exact) mass is 295 g/mol. The fourth-order valence-electron chi connectivity index (χ4n) is 1.93. The molecule has 0 amide bonds. The first-order chi connectivity index (χ1) is 10.3. The molecule has 0 saturated carbocycles. The van der Waals surface area contributed by atoms with Crippen LogP contribution in [0, 0.1) is 0 Å². The van der Waals surface area contributed by atoms with Crippen molar-refractivity contribution >= 4 is 0 Å². The number of hydrogen-bond acceptors (Lipinski definition) is 4. The van der Waals surface area contributed by atoms with Crippen LogP contribution in [-0.2, 0) is 6.54 Å². The highest BCUT2D eigenvalue weighted by Gasteiger charge is 2.14. The molecule has 4 heteroatoms. The summed E-state index contributed by atoms with van der Waals surface area (Å²) in [5.41, 5.74) is 1.06. The van der Waals surface area contributed by atoms with Crippen LogP contribution >= 0.6 is 0 Å². The third-order valence-corrected chi connectivity index (χ3v) is 2.89. The van der Waals surface area contributed by atoms with E-state index in [1.807, 2.05) is 19.2 Å². The minimum absolute atomic E-state index is 0.696. The van der Waals surface area contributed by atoms with E-state index in [-0.39, 0.29) is 0 Å². The molecule has 0 fully saturated rings. The molecule has 1 rings (SSSR count). The van der Waals surface area contributed by atoms with Crippen LogP contribution < -0.4 is 19.5 Å². The number of rotatable bonds is 11. The van der Waals surface area contributed by atoms with Gasteiger partial charge in [-0.15, -0.1) is 0 Å². The van der Waals surface area contributed by atoms with Crippen LogP contribution in [0.4, 0.5) is 0 Å². The average molecular weight is 295 g/mol. The highest BCUT2D eigenvalue weighted by atomic mass is 16.5. The maximum Gasteiger partial charge on any atom is 0.131 e. The van der Waals surface area contributed by atoms with Crippen LogP contribution in [-0.4, -0.2) is 26.9 Å². The molecule has 0 heterocycles. The molecule has 4 nitrogen and oxygen atoms in total. The molecule has 0 atom stereocenters. The first-order valence-electron chi connectivity index (χ1n) is 7.96. The Morgan fingerprint density at radius 2 is 1.29 bits per heavy atom. The van der Waals surface area contributed by atoms with Crippen molar-refractivity contribution in [1.82, 2.24) is 5.32 Å². The fraction of sp³-hybridized carbons (Fsp3) is 0.647. The van der Waals surface area contributed by atoms with Gasteiger partial charge in [-0.05, 0) is 26.3 Å². The molecule has 0 bridgehead atoms. The summed E-state index contributed by atoms with van der Waals surface area (Å²) < 4.78 is 17.5. The van der Waals surface area contributed by atoms with Gasteiger partial charge in [0.15, 0.2) is 0 Å². The molecule has 0 aliphatic rings. The van der Waals surface area contributed by atoms with Crippen LogP contribution in [0.5, 0.6) is 17.2 Å². The molecule has 0 aliphatic heterocycles. The van der Waals surface area contributed by atoms with Crippen LogP contribution in [0.2, 0.25) is 0 Å². The van der Waals surface area contributed by atoms with Crippen molar-refractivity contribution in [2.75, 3.05) is 26.9 Å². The number of nitrogens with one attached hydrogen (secondary N) is 1. The van der Waals surface area contributed by atoms with Crippen molar-refractivity contribution in [3.05, 3.63) is 17.7 Å². The Labute approximate surface area is 128 Å². The number of ether oxygens (including phenoxy) is 3. The fourth-order valence-corrected chi connectivity index (χ4v) is 1.93. The second-order valence-corrected chi connectivity index (χ2v) is 4.97. The molecule has 0 saturated heterocycles. The summed E-state index contributed by atoms with van der Waals surface area (Å²) in [4.78, 5) is 0. The molecule has 0 unspecified atom stereocenters. The summed E-state index contributed by atoms with van der Waals surface area (Å²) in [5, 5.41) is 3.18. The van der Waals surface area contributed by atoms with Gasteiger partial charge in [-0.25, -0.2) is 0 Å². The zero-order valence-electron chi connectivity index (χ0n) is 13.8. The first kappa shape index (κ1) is 17.6. The third kappa shape index (κ3) is 5.84. The summed E-state index contributed by atoms with van der Waals surface area (Å²) in [6.45, 7) is 9.10. The van der Waals surface area contributed by atoms with Crippen molar-refractivity contribution < 1.29 is 14.2 Å². The van der Waals surface area contributed by atoms with Gasteiger partial charge in [-0.1, -0.05) is 20.8 Å². The smallest absolute Gasteiger partial charge is 0.131 e. The van der Waals surface area contributed by atoms with E-state index in [1.165, 1.54) is 0 Å². The summed E-state index contributed by atoms with van der Waals surface area (Å²) in [5.74, 6) is 2.52. The van der Waals surface area contributed by atoms with Gasteiger partial charge in [0.05, 0.1) is 25.4 Å². The molecule has 21 heavy (non-hydrogen) atoms. The predicted octanol–water partition coefficient (Wildman–Crippen LogP) is 3.77. The van der Waals surface area contributed by atoms with Crippen LogP contribution in [0.15, 0.2) is 12.1 Å². The van der Waals surface area contributed by atoms with E-state index in [0.717, 1.165) is 42.1 Å². The molecule has 0 aliphatic carbocycles. The van der Waals surface area contributed by atoms with Crippen molar-refractivity contribution in [3.63, 3.8) is 0 Å². The van der Waals surface area contributed by atoms with E-state index in [4.69, 9.17) is 14.2 Å². The van der Waals surface area contributed by atoms with Gasteiger partial charge in [0.1, 0.15) is 17.2 Å². The van der Waals surface area contributed by atoms with E-state index in [9.17, 15) is 0 Å². The second kappa shape index (κ2) is 10.3. The molecule has 1 aromatic rings. The lowest BCUT2D eigenvalue weighted by Gasteiger charge is -2.18. The average Bonchev–Trinajstić information content (AvgIpc) is 2.50. The molecule has 0 aromatic heterocycles. The summed E-state index contributed by atoms with van der Waals surface area (Å²) in [7, 11) is 1.93. The summed E-state index contributed by atoms with van der Waals surface area (Å²) >= 11 is 0. The van der Waals surface area contributed by atoms with E-state index < -0.39 is 0 Å². The van der Waals surface area contributed by atoms with Crippen molar-refractivity contribution in [2.45, 2.75) is 46.6 Å². The Kier molecular flexibility index (Phi) is 8.67. The zero-order chi connectivity index (χ0) is 15.5. The number of benzene rings is 1. The third-order valence-electron chi connectivity index (χ3n) is 2.89. The van der Waals surface area contributed by atoms with E-state index in [2.05, 4.69) is 26.1 Å². The minimum atomic E-state index is 0.696. The molecular weight excluding hydrogens is 266 g/mol. The maximum atomic E-state index is 5.88. The Hall–Kier alpha value is -1.42. The standard InChI is InChI=1S/C17H29NO3/c1-5-8-19-14-11-16(20-9-6-2)15(13-18-4)17(12-14)21-10-7-3/h11-12,18H,5-10,13H2,1-4H3. The Morgan fingerprint density at radius 1 is 0.810 bits per heavy atom. The van der Waals surface area contributed by atoms with Gasteiger partial charge in [-0.2, -0.15) is 0 Å². The van der Waals surface area contributed by atoms with E-state index in [1.54, 1.807) is 0 Å². The molecule has 120 valence electrons. The number of hydrogen-bond donors (Lipinski definition) is 1. The quantitative estimate of drug-likeness (QED) is 0.674. The minimum Gasteiger partial charge on any atom is -0.493 e. The van der Waals surface area contributed by atoms with Gasteiger partial charge in [-0.3, -0.25) is 0 Å². The topological polar surface area (TPSA) is 39.7 Å². The Bertz CT molecular complexity index is 378. The Morgan fingerprint density at radius 3 is 1.71 bits per heavy atom.